The lowest BCUT2D eigenvalue weighted by Gasteiger charge is -2.31. The van der Waals surface area contributed by atoms with Crippen LogP contribution >= 0.6 is 15.9 Å². The minimum atomic E-state index is 0.0408. The third-order valence-corrected chi connectivity index (χ3v) is 6.15. The number of nitrogens with one attached hydrogen (secondary N) is 2. The van der Waals surface area contributed by atoms with E-state index >= 15 is 0 Å². The van der Waals surface area contributed by atoms with Crippen LogP contribution in [0.4, 0.5) is 5.95 Å². The Morgan fingerprint density at radius 3 is 3.11 bits per heavy atom. The molecule has 2 heterocycles. The lowest BCUT2D eigenvalue weighted by molar-refractivity contribution is -0.125. The summed E-state index contributed by atoms with van der Waals surface area (Å²) < 4.78 is 1.04. The molecule has 27 heavy (non-hydrogen) atoms. The Labute approximate surface area is 168 Å². The molecule has 5 nitrogen and oxygen atoms in total. The number of nitrogens with zero attached hydrogens (tertiary/aromatic N) is 2. The second kappa shape index (κ2) is 8.46. The van der Waals surface area contributed by atoms with Crippen molar-refractivity contribution in [2.75, 3.05) is 24.5 Å². The Balaban J connectivity index is 1.34. The topological polar surface area (TPSA) is 61.0 Å². The van der Waals surface area contributed by atoms with Crippen molar-refractivity contribution in [2.24, 2.45) is 5.92 Å². The number of carbonyl (C=O) groups excluding carboxylic acids is 1. The van der Waals surface area contributed by atoms with Crippen molar-refractivity contribution in [1.82, 2.24) is 15.3 Å². The van der Waals surface area contributed by atoms with Crippen molar-refractivity contribution >= 4 is 38.8 Å². The number of rotatable bonds is 5. The van der Waals surface area contributed by atoms with Gasteiger partial charge in [0.05, 0.1) is 17.0 Å². The molecule has 0 spiro atoms. The summed E-state index contributed by atoms with van der Waals surface area (Å²) in [5.74, 6) is 1.10. The Hall–Kier alpha value is -1.82. The van der Waals surface area contributed by atoms with Crippen LogP contribution in [-0.4, -0.2) is 35.5 Å². The third-order valence-electron chi connectivity index (χ3n) is 5.65. The minimum absolute atomic E-state index is 0.0408. The van der Waals surface area contributed by atoms with Gasteiger partial charge in [0.2, 0.25) is 11.9 Å². The highest BCUT2D eigenvalue weighted by molar-refractivity contribution is 9.10. The number of benzene rings is 1. The Kier molecular flexibility index (Phi) is 5.81. The SMILES string of the molecule is O=C(NCCC1=CCCCC1)C1CCCN(c2nc3ccc(Br)cc3[nH]2)C1. The largest absolute Gasteiger partial charge is 0.355 e. The first-order valence-electron chi connectivity index (χ1n) is 10.0. The smallest absolute Gasteiger partial charge is 0.224 e. The summed E-state index contributed by atoms with van der Waals surface area (Å²) in [6, 6.07) is 6.05. The molecule has 0 saturated carbocycles. The average Bonchev–Trinajstić information content (AvgIpc) is 3.12. The summed E-state index contributed by atoms with van der Waals surface area (Å²) in [5, 5.41) is 3.16. The molecular weight excluding hydrogens is 404 g/mol. The van der Waals surface area contributed by atoms with Gasteiger partial charge < -0.3 is 15.2 Å². The highest BCUT2D eigenvalue weighted by Gasteiger charge is 2.27. The van der Waals surface area contributed by atoms with Crippen molar-refractivity contribution < 1.29 is 4.79 Å². The lowest BCUT2D eigenvalue weighted by Crippen LogP contribution is -2.43. The van der Waals surface area contributed by atoms with E-state index in [-0.39, 0.29) is 11.8 Å². The van der Waals surface area contributed by atoms with Crippen LogP contribution in [0.5, 0.6) is 0 Å². The van der Waals surface area contributed by atoms with Crippen molar-refractivity contribution in [3.8, 4) is 0 Å². The molecule has 2 N–H and O–H groups in total. The van der Waals surface area contributed by atoms with E-state index in [9.17, 15) is 4.79 Å². The van der Waals surface area contributed by atoms with Gasteiger partial charge in [-0.15, -0.1) is 0 Å². The predicted octanol–water partition coefficient (Wildman–Crippen LogP) is 4.55. The fraction of sp³-hybridized carbons (Fsp3) is 0.524. The Morgan fingerprint density at radius 2 is 2.26 bits per heavy atom. The predicted molar refractivity (Wildman–Crippen MR) is 113 cm³/mol. The number of anilines is 1. The molecule has 0 bridgehead atoms. The summed E-state index contributed by atoms with van der Waals surface area (Å²) >= 11 is 3.50. The molecule has 1 amide bonds. The molecule has 1 aliphatic heterocycles. The second-order valence-electron chi connectivity index (χ2n) is 7.66. The number of imidazole rings is 1. The number of aromatic amines is 1. The van der Waals surface area contributed by atoms with E-state index < -0.39 is 0 Å². The van der Waals surface area contributed by atoms with Crippen LogP contribution in [0.3, 0.4) is 0 Å². The Morgan fingerprint density at radius 1 is 1.33 bits per heavy atom. The van der Waals surface area contributed by atoms with Crippen LogP contribution in [-0.2, 0) is 4.79 Å². The van der Waals surface area contributed by atoms with Gasteiger partial charge in [-0.1, -0.05) is 27.6 Å². The first kappa shape index (κ1) is 18.5. The molecule has 2 aromatic rings. The average molecular weight is 431 g/mol. The Bertz CT molecular complexity index is 844. The van der Waals surface area contributed by atoms with Crippen LogP contribution in [0.1, 0.15) is 44.9 Å². The van der Waals surface area contributed by atoms with E-state index in [0.29, 0.717) is 0 Å². The summed E-state index contributed by atoms with van der Waals surface area (Å²) in [6.07, 6.45) is 10.3. The number of fused-ring (bicyclic) bond motifs is 1. The highest BCUT2D eigenvalue weighted by Crippen LogP contribution is 2.25. The van der Waals surface area contributed by atoms with Gasteiger partial charge in [0.1, 0.15) is 0 Å². The number of halogens is 1. The van der Waals surface area contributed by atoms with Gasteiger partial charge in [0.25, 0.3) is 0 Å². The molecule has 0 radical (unpaired) electrons. The number of H-pyrrole nitrogens is 1. The third kappa shape index (κ3) is 4.54. The number of hydrogen-bond acceptors (Lipinski definition) is 3. The molecular formula is C21H27BrN4O. The van der Waals surface area contributed by atoms with Gasteiger partial charge in [0, 0.05) is 24.1 Å². The quantitative estimate of drug-likeness (QED) is 0.683. The molecule has 144 valence electrons. The highest BCUT2D eigenvalue weighted by atomic mass is 79.9. The molecule has 1 aliphatic carbocycles. The van der Waals surface area contributed by atoms with E-state index in [1.54, 1.807) is 0 Å². The van der Waals surface area contributed by atoms with Gasteiger partial charge in [-0.3, -0.25) is 4.79 Å². The molecule has 2 aliphatic rings. The summed E-state index contributed by atoms with van der Waals surface area (Å²) in [4.78, 5) is 23.0. The fourth-order valence-corrected chi connectivity index (χ4v) is 4.49. The maximum absolute atomic E-state index is 12.6. The van der Waals surface area contributed by atoms with Crippen LogP contribution in [0.2, 0.25) is 0 Å². The summed E-state index contributed by atoms with van der Waals surface area (Å²) in [5.41, 5.74) is 3.49. The van der Waals surface area contributed by atoms with Gasteiger partial charge in [-0.05, 0) is 63.1 Å². The van der Waals surface area contributed by atoms with Crippen LogP contribution in [0.25, 0.3) is 11.0 Å². The molecule has 6 heteroatoms. The number of amides is 1. The number of aromatic nitrogens is 2. The monoisotopic (exact) mass is 430 g/mol. The van der Waals surface area contributed by atoms with Gasteiger partial charge in [-0.25, -0.2) is 4.98 Å². The van der Waals surface area contributed by atoms with Crippen molar-refractivity contribution in [3.05, 3.63) is 34.3 Å². The van der Waals surface area contributed by atoms with Crippen molar-refractivity contribution in [3.63, 3.8) is 0 Å². The molecule has 1 aromatic heterocycles. The second-order valence-corrected chi connectivity index (χ2v) is 8.57. The van der Waals surface area contributed by atoms with Crippen molar-refractivity contribution in [1.29, 1.82) is 0 Å². The van der Waals surface area contributed by atoms with Crippen LogP contribution in [0.15, 0.2) is 34.3 Å². The molecule has 1 aromatic carbocycles. The number of allylic oxidation sites excluding steroid dienone is 1. The van der Waals surface area contributed by atoms with Crippen LogP contribution in [0, 0.1) is 5.92 Å². The molecule has 1 atom stereocenters. The van der Waals surface area contributed by atoms with E-state index in [0.717, 1.165) is 60.4 Å². The van der Waals surface area contributed by atoms with E-state index in [4.69, 9.17) is 4.98 Å². The molecule has 4 rings (SSSR count). The van der Waals surface area contributed by atoms with Crippen molar-refractivity contribution in [2.45, 2.75) is 44.9 Å². The first-order valence-corrected chi connectivity index (χ1v) is 10.8. The lowest BCUT2D eigenvalue weighted by atomic mass is 9.96. The normalized spacial score (nSPS) is 20.6. The fourth-order valence-electron chi connectivity index (χ4n) is 4.12. The minimum Gasteiger partial charge on any atom is -0.355 e. The van der Waals surface area contributed by atoms with Gasteiger partial charge in [-0.2, -0.15) is 0 Å². The van der Waals surface area contributed by atoms with Gasteiger partial charge >= 0.3 is 0 Å². The maximum Gasteiger partial charge on any atom is 0.224 e. The zero-order valence-corrected chi connectivity index (χ0v) is 17.2. The molecule has 1 saturated heterocycles. The van der Waals surface area contributed by atoms with E-state index in [1.807, 2.05) is 18.2 Å². The summed E-state index contributed by atoms with van der Waals surface area (Å²) in [7, 11) is 0. The number of hydrogen-bond donors (Lipinski definition) is 2. The van der Waals surface area contributed by atoms with Crippen LogP contribution < -0.4 is 10.2 Å². The molecule has 1 unspecified atom stereocenters. The maximum atomic E-state index is 12.6. The zero-order valence-electron chi connectivity index (χ0n) is 15.6. The van der Waals surface area contributed by atoms with E-state index in [1.165, 1.54) is 31.3 Å². The summed E-state index contributed by atoms with van der Waals surface area (Å²) in [6.45, 7) is 2.44. The van der Waals surface area contributed by atoms with E-state index in [2.05, 4.69) is 37.2 Å². The standard InChI is InChI=1S/C21H27BrN4O/c22-17-8-9-18-19(13-17)25-21(24-18)26-12-4-7-16(14-26)20(27)23-11-10-15-5-2-1-3-6-15/h5,8-9,13,16H,1-4,6-7,10-12,14H2,(H,23,27)(H,24,25). The zero-order chi connectivity index (χ0) is 18.6. The van der Waals surface area contributed by atoms with Gasteiger partial charge in [0.15, 0.2) is 0 Å². The number of piperidine rings is 1. The number of carbonyl (C=O) groups is 1. The molecule has 1 fully saturated rings. The first-order chi connectivity index (χ1) is 13.2.